The topological polar surface area (TPSA) is 94.3 Å². The van der Waals surface area contributed by atoms with E-state index in [2.05, 4.69) is 25.7 Å². The zero-order chi connectivity index (χ0) is 25.5. The highest BCUT2D eigenvalue weighted by molar-refractivity contribution is 7.99. The molecule has 0 bridgehead atoms. The second-order valence-corrected chi connectivity index (χ2v) is 8.90. The number of ether oxygens (including phenoxy) is 1. The molecule has 2 aromatic heterocycles. The van der Waals surface area contributed by atoms with Crippen LogP contribution in [0.3, 0.4) is 0 Å². The van der Waals surface area contributed by atoms with E-state index in [9.17, 15) is 4.79 Å². The van der Waals surface area contributed by atoms with Gasteiger partial charge in [-0.05, 0) is 54.1 Å². The second-order valence-electron chi connectivity index (χ2n) is 7.96. The summed E-state index contributed by atoms with van der Waals surface area (Å²) in [4.78, 5) is 16.8. The fraction of sp³-hybridized carbons (Fsp3) is 0.107. The van der Waals surface area contributed by atoms with Crippen molar-refractivity contribution in [2.24, 2.45) is 5.10 Å². The van der Waals surface area contributed by atoms with Crippen LogP contribution in [-0.2, 0) is 4.79 Å². The number of aromatic nitrogens is 4. The molecule has 8 nitrogen and oxygen atoms in total. The minimum atomic E-state index is -0.245. The molecule has 0 saturated heterocycles. The molecule has 5 aromatic rings. The minimum Gasteiger partial charge on any atom is -0.494 e. The van der Waals surface area contributed by atoms with Gasteiger partial charge in [-0.2, -0.15) is 5.10 Å². The number of benzene rings is 3. The lowest BCUT2D eigenvalue weighted by atomic mass is 10.1. The van der Waals surface area contributed by atoms with E-state index in [-0.39, 0.29) is 11.7 Å². The zero-order valence-corrected chi connectivity index (χ0v) is 20.9. The molecule has 0 fully saturated rings. The molecule has 0 saturated carbocycles. The van der Waals surface area contributed by atoms with Gasteiger partial charge in [0.05, 0.1) is 18.6 Å². The zero-order valence-electron chi connectivity index (χ0n) is 20.1. The average Bonchev–Trinajstić information content (AvgIpc) is 3.37. The predicted octanol–water partition coefficient (Wildman–Crippen LogP) is 5.12. The summed E-state index contributed by atoms with van der Waals surface area (Å²) in [7, 11) is 0. The summed E-state index contributed by atoms with van der Waals surface area (Å²) in [5, 5.41) is 15.7. The van der Waals surface area contributed by atoms with Crippen LogP contribution in [0.25, 0.3) is 27.8 Å². The molecule has 1 amide bonds. The van der Waals surface area contributed by atoms with Crippen molar-refractivity contribution in [2.75, 3.05) is 12.4 Å². The van der Waals surface area contributed by atoms with Crippen LogP contribution in [0.15, 0.2) is 102 Å². The van der Waals surface area contributed by atoms with Gasteiger partial charge < -0.3 is 4.74 Å². The number of nitrogens with one attached hydrogen (secondary N) is 1. The highest BCUT2D eigenvalue weighted by Gasteiger charge is 2.17. The van der Waals surface area contributed by atoms with E-state index in [0.29, 0.717) is 17.6 Å². The molecule has 0 aliphatic carbocycles. The molecule has 0 aliphatic rings. The summed E-state index contributed by atoms with van der Waals surface area (Å²) in [6, 6.07) is 25.5. The molecular formula is C28H24N6O2S. The average molecular weight is 509 g/mol. The maximum Gasteiger partial charge on any atom is 0.250 e. The smallest absolute Gasteiger partial charge is 0.250 e. The van der Waals surface area contributed by atoms with E-state index in [1.54, 1.807) is 18.6 Å². The molecule has 0 atom stereocenters. The Kier molecular flexibility index (Phi) is 7.52. The number of thioether (sulfide) groups is 1. The lowest BCUT2D eigenvalue weighted by molar-refractivity contribution is -0.118. The molecule has 37 heavy (non-hydrogen) atoms. The number of hydrazone groups is 1. The van der Waals surface area contributed by atoms with Crippen LogP contribution in [0, 0.1) is 0 Å². The van der Waals surface area contributed by atoms with Gasteiger partial charge in [-0.25, -0.2) is 5.43 Å². The Morgan fingerprint density at radius 3 is 2.68 bits per heavy atom. The van der Waals surface area contributed by atoms with Crippen molar-refractivity contribution in [3.8, 4) is 22.8 Å². The second kappa shape index (κ2) is 11.5. The molecule has 1 N–H and O–H groups in total. The number of rotatable bonds is 9. The van der Waals surface area contributed by atoms with E-state index >= 15 is 0 Å². The van der Waals surface area contributed by atoms with E-state index in [4.69, 9.17) is 4.74 Å². The van der Waals surface area contributed by atoms with Crippen LogP contribution in [0.5, 0.6) is 5.75 Å². The lowest BCUT2D eigenvalue weighted by Gasteiger charge is -2.11. The number of carbonyl (C=O) groups is 1. The van der Waals surface area contributed by atoms with E-state index in [1.807, 2.05) is 90.4 Å². The third-order valence-corrected chi connectivity index (χ3v) is 6.44. The highest BCUT2D eigenvalue weighted by atomic mass is 32.2. The first kappa shape index (κ1) is 24.2. The Morgan fingerprint density at radius 1 is 1.03 bits per heavy atom. The molecule has 0 aliphatic heterocycles. The van der Waals surface area contributed by atoms with Crippen LogP contribution >= 0.6 is 11.8 Å². The number of nitrogens with zero attached hydrogens (tertiary/aromatic N) is 5. The standard InChI is InChI=1S/C28H24N6O2S/c1-2-36-24-14-12-23(13-15-24)34-27(22-10-6-16-29-17-22)32-33-28(34)37-19-26(35)31-30-18-21-9-5-8-20-7-3-4-11-25(20)21/h3-18H,2,19H2,1H3,(H,31,35)/b30-18-. The molecule has 0 radical (unpaired) electrons. The van der Waals surface area contributed by atoms with Gasteiger partial charge in [-0.15, -0.1) is 10.2 Å². The van der Waals surface area contributed by atoms with Crippen LogP contribution < -0.4 is 10.2 Å². The van der Waals surface area contributed by atoms with Crippen molar-refractivity contribution >= 4 is 34.7 Å². The van der Waals surface area contributed by atoms with Crippen LogP contribution in [0.1, 0.15) is 12.5 Å². The van der Waals surface area contributed by atoms with Crippen molar-refractivity contribution in [1.29, 1.82) is 0 Å². The number of carbonyl (C=O) groups excluding carboxylic acids is 1. The predicted molar refractivity (Wildman–Crippen MR) is 146 cm³/mol. The first-order valence-corrected chi connectivity index (χ1v) is 12.7. The Balaban J connectivity index is 1.32. The van der Waals surface area contributed by atoms with Gasteiger partial charge in [0.1, 0.15) is 5.75 Å². The van der Waals surface area contributed by atoms with Gasteiger partial charge in [0.15, 0.2) is 11.0 Å². The van der Waals surface area contributed by atoms with Crippen LogP contribution in [0.4, 0.5) is 0 Å². The van der Waals surface area contributed by atoms with Crippen molar-refractivity contribution in [3.05, 3.63) is 96.8 Å². The number of amides is 1. The number of hydrogen-bond acceptors (Lipinski definition) is 7. The van der Waals surface area contributed by atoms with Gasteiger partial charge in [0.2, 0.25) is 0 Å². The third kappa shape index (κ3) is 5.68. The summed E-state index contributed by atoms with van der Waals surface area (Å²) in [5.41, 5.74) is 5.21. The van der Waals surface area contributed by atoms with Gasteiger partial charge in [0.25, 0.3) is 5.91 Å². The van der Waals surface area contributed by atoms with Crippen molar-refractivity contribution < 1.29 is 9.53 Å². The Hall–Kier alpha value is -4.50. The summed E-state index contributed by atoms with van der Waals surface area (Å²) in [6.45, 7) is 2.53. The maximum absolute atomic E-state index is 12.6. The van der Waals surface area contributed by atoms with Crippen LogP contribution in [-0.4, -0.2) is 44.2 Å². The van der Waals surface area contributed by atoms with Crippen molar-refractivity contribution in [2.45, 2.75) is 12.1 Å². The Morgan fingerprint density at radius 2 is 1.86 bits per heavy atom. The summed E-state index contributed by atoms with van der Waals surface area (Å²) >= 11 is 1.28. The first-order valence-electron chi connectivity index (χ1n) is 11.7. The molecule has 0 spiro atoms. The molecule has 3 aromatic carbocycles. The van der Waals surface area contributed by atoms with E-state index < -0.39 is 0 Å². The van der Waals surface area contributed by atoms with Crippen molar-refractivity contribution in [1.82, 2.24) is 25.2 Å². The van der Waals surface area contributed by atoms with Gasteiger partial charge in [-0.1, -0.05) is 54.2 Å². The number of pyridine rings is 1. The molecule has 9 heteroatoms. The van der Waals surface area contributed by atoms with Gasteiger partial charge in [-0.3, -0.25) is 14.3 Å². The minimum absolute atomic E-state index is 0.120. The van der Waals surface area contributed by atoms with Crippen molar-refractivity contribution in [3.63, 3.8) is 0 Å². The van der Waals surface area contributed by atoms with Gasteiger partial charge in [0, 0.05) is 29.2 Å². The fourth-order valence-electron chi connectivity index (χ4n) is 3.84. The quantitative estimate of drug-likeness (QED) is 0.169. The Labute approximate surface area is 218 Å². The summed E-state index contributed by atoms with van der Waals surface area (Å²) in [6.07, 6.45) is 5.10. The summed E-state index contributed by atoms with van der Waals surface area (Å²) < 4.78 is 7.48. The highest BCUT2D eigenvalue weighted by Crippen LogP contribution is 2.28. The lowest BCUT2D eigenvalue weighted by Crippen LogP contribution is -2.20. The molecule has 5 rings (SSSR count). The molecule has 2 heterocycles. The van der Waals surface area contributed by atoms with Gasteiger partial charge >= 0.3 is 0 Å². The largest absolute Gasteiger partial charge is 0.494 e. The normalized spacial score (nSPS) is 11.2. The molecule has 184 valence electrons. The number of fused-ring (bicyclic) bond motifs is 1. The van der Waals surface area contributed by atoms with E-state index in [0.717, 1.165) is 33.3 Å². The summed E-state index contributed by atoms with van der Waals surface area (Å²) in [5.74, 6) is 1.29. The first-order chi connectivity index (χ1) is 18.2. The van der Waals surface area contributed by atoms with Crippen LogP contribution in [0.2, 0.25) is 0 Å². The molecule has 0 unspecified atom stereocenters. The third-order valence-electron chi connectivity index (χ3n) is 5.51. The Bertz CT molecular complexity index is 1530. The SMILES string of the molecule is CCOc1ccc(-n2c(SCC(=O)N/N=C\c3cccc4ccccc34)nnc2-c2cccnc2)cc1. The maximum atomic E-state index is 12.6. The molecular weight excluding hydrogens is 484 g/mol. The van der Waals surface area contributed by atoms with E-state index in [1.165, 1.54) is 11.8 Å². The fourth-order valence-corrected chi connectivity index (χ4v) is 4.58. The number of hydrogen-bond donors (Lipinski definition) is 1. The monoisotopic (exact) mass is 508 g/mol.